The smallest absolute Gasteiger partial charge is 0.218 e. The number of likely N-dealkylation sites (N-methyl/N-ethyl adjacent to an activating group) is 1. The zero-order valence-corrected chi connectivity index (χ0v) is 10.7. The summed E-state index contributed by atoms with van der Waals surface area (Å²) in [6.07, 6.45) is 0. The first-order valence-electron chi connectivity index (χ1n) is 5.42. The Morgan fingerprint density at radius 1 is 1.29 bits per heavy atom. The van der Waals surface area contributed by atoms with Crippen molar-refractivity contribution in [2.75, 3.05) is 25.4 Å². The fraction of sp³-hybridized carbons (Fsp3) is 0.455. The van der Waals surface area contributed by atoms with Crippen LogP contribution in [0.15, 0.2) is 24.3 Å². The van der Waals surface area contributed by atoms with Crippen LogP contribution in [-0.2, 0) is 15.8 Å². The molecule has 0 aliphatic carbocycles. The summed E-state index contributed by atoms with van der Waals surface area (Å²) in [4.78, 5) is 0. The van der Waals surface area contributed by atoms with Crippen molar-refractivity contribution in [2.24, 2.45) is 0 Å². The van der Waals surface area contributed by atoms with Gasteiger partial charge in [-0.25, -0.2) is 8.42 Å². The number of nitrogen functional groups attached to an aromatic ring is 1. The fourth-order valence-electron chi connectivity index (χ4n) is 1.52. The number of hydrogen-bond acceptors (Lipinski definition) is 4. The van der Waals surface area contributed by atoms with Gasteiger partial charge in [-0.05, 0) is 17.7 Å². The Labute approximate surface area is 102 Å². The van der Waals surface area contributed by atoms with Crippen LogP contribution in [-0.4, -0.2) is 37.5 Å². The van der Waals surface area contributed by atoms with E-state index in [2.05, 4.69) is 0 Å². The van der Waals surface area contributed by atoms with Gasteiger partial charge < -0.3 is 10.8 Å². The van der Waals surface area contributed by atoms with Gasteiger partial charge in [-0.15, -0.1) is 0 Å². The summed E-state index contributed by atoms with van der Waals surface area (Å²) >= 11 is 0. The number of rotatable bonds is 6. The maximum Gasteiger partial charge on any atom is 0.218 e. The molecule has 1 rings (SSSR count). The number of sulfonamides is 1. The Morgan fingerprint density at radius 3 is 2.35 bits per heavy atom. The van der Waals surface area contributed by atoms with E-state index in [1.54, 1.807) is 31.2 Å². The molecule has 6 heteroatoms. The van der Waals surface area contributed by atoms with Gasteiger partial charge in [0.2, 0.25) is 10.0 Å². The molecular formula is C11H18N2O3S. The van der Waals surface area contributed by atoms with Gasteiger partial charge in [0.15, 0.2) is 0 Å². The third-order valence-corrected chi connectivity index (χ3v) is 4.35. The molecule has 0 unspecified atom stereocenters. The monoisotopic (exact) mass is 258 g/mol. The third-order valence-electron chi connectivity index (χ3n) is 2.42. The maximum atomic E-state index is 12.0. The number of nitrogens with two attached hydrogens (primary N) is 1. The average molecular weight is 258 g/mol. The SMILES string of the molecule is CCN(CCO)S(=O)(=O)Cc1ccc(N)cc1. The highest BCUT2D eigenvalue weighted by atomic mass is 32.2. The molecule has 0 spiro atoms. The second kappa shape index (κ2) is 6.00. The van der Waals surface area contributed by atoms with Gasteiger partial charge in [-0.2, -0.15) is 4.31 Å². The summed E-state index contributed by atoms with van der Waals surface area (Å²) in [6.45, 7) is 2.07. The molecular weight excluding hydrogens is 240 g/mol. The van der Waals surface area contributed by atoms with Crippen molar-refractivity contribution in [3.05, 3.63) is 29.8 Å². The first kappa shape index (κ1) is 14.0. The molecule has 0 saturated heterocycles. The molecule has 0 bridgehead atoms. The molecule has 0 saturated carbocycles. The molecule has 0 aromatic heterocycles. The number of benzene rings is 1. The molecule has 1 aromatic rings. The van der Waals surface area contributed by atoms with E-state index in [-0.39, 0.29) is 18.9 Å². The van der Waals surface area contributed by atoms with E-state index in [4.69, 9.17) is 10.8 Å². The Kier molecular flexibility index (Phi) is 4.92. The van der Waals surface area contributed by atoms with Crippen LogP contribution in [0, 0.1) is 0 Å². The average Bonchev–Trinajstić information content (AvgIpc) is 2.28. The largest absolute Gasteiger partial charge is 0.399 e. The predicted octanol–water partition coefficient (Wildman–Crippen LogP) is 0.413. The first-order valence-corrected chi connectivity index (χ1v) is 7.03. The zero-order valence-electron chi connectivity index (χ0n) is 9.83. The molecule has 0 amide bonds. The molecule has 96 valence electrons. The molecule has 1 aromatic carbocycles. The van der Waals surface area contributed by atoms with E-state index in [9.17, 15) is 8.42 Å². The van der Waals surface area contributed by atoms with E-state index in [0.717, 1.165) is 0 Å². The van der Waals surface area contributed by atoms with E-state index in [1.807, 2.05) is 0 Å². The number of anilines is 1. The molecule has 3 N–H and O–H groups in total. The van der Waals surface area contributed by atoms with E-state index in [1.165, 1.54) is 4.31 Å². The van der Waals surface area contributed by atoms with Crippen molar-refractivity contribution in [1.82, 2.24) is 4.31 Å². The van der Waals surface area contributed by atoms with Crippen molar-refractivity contribution in [3.8, 4) is 0 Å². The fourth-order valence-corrected chi connectivity index (χ4v) is 3.07. The van der Waals surface area contributed by atoms with Gasteiger partial charge in [0.05, 0.1) is 12.4 Å². The van der Waals surface area contributed by atoms with Crippen LogP contribution in [0.1, 0.15) is 12.5 Å². The van der Waals surface area contributed by atoms with Gasteiger partial charge in [0, 0.05) is 18.8 Å². The van der Waals surface area contributed by atoms with Crippen LogP contribution in [0.3, 0.4) is 0 Å². The molecule has 0 fully saturated rings. The van der Waals surface area contributed by atoms with E-state index < -0.39 is 10.0 Å². The van der Waals surface area contributed by atoms with Crippen LogP contribution >= 0.6 is 0 Å². The molecule has 0 aliphatic heterocycles. The van der Waals surface area contributed by atoms with Crippen molar-refractivity contribution in [2.45, 2.75) is 12.7 Å². The van der Waals surface area contributed by atoms with Crippen molar-refractivity contribution in [3.63, 3.8) is 0 Å². The minimum absolute atomic E-state index is 0.0683. The summed E-state index contributed by atoms with van der Waals surface area (Å²) in [5.41, 5.74) is 6.83. The van der Waals surface area contributed by atoms with Gasteiger partial charge in [-0.3, -0.25) is 0 Å². The molecule has 0 radical (unpaired) electrons. The number of nitrogens with zero attached hydrogens (tertiary/aromatic N) is 1. The molecule has 0 aliphatic rings. The second-order valence-corrected chi connectivity index (χ2v) is 5.68. The molecule has 0 heterocycles. The lowest BCUT2D eigenvalue weighted by Gasteiger charge is -2.19. The van der Waals surface area contributed by atoms with Gasteiger partial charge >= 0.3 is 0 Å². The number of aliphatic hydroxyl groups excluding tert-OH is 1. The highest BCUT2D eigenvalue weighted by molar-refractivity contribution is 7.88. The van der Waals surface area contributed by atoms with Crippen LogP contribution in [0.4, 0.5) is 5.69 Å². The normalized spacial score (nSPS) is 11.9. The van der Waals surface area contributed by atoms with Crippen molar-refractivity contribution < 1.29 is 13.5 Å². The Bertz CT molecular complexity index is 442. The lowest BCUT2D eigenvalue weighted by molar-refractivity contribution is 0.257. The highest BCUT2D eigenvalue weighted by Gasteiger charge is 2.20. The molecule has 5 nitrogen and oxygen atoms in total. The summed E-state index contributed by atoms with van der Waals surface area (Å²) in [5, 5.41) is 8.81. The quantitative estimate of drug-likeness (QED) is 0.724. The van der Waals surface area contributed by atoms with Gasteiger partial charge in [-0.1, -0.05) is 19.1 Å². The Morgan fingerprint density at radius 2 is 1.88 bits per heavy atom. The predicted molar refractivity (Wildman–Crippen MR) is 67.8 cm³/mol. The lowest BCUT2D eigenvalue weighted by Crippen LogP contribution is -2.34. The Balaban J connectivity index is 2.81. The zero-order chi connectivity index (χ0) is 12.9. The van der Waals surface area contributed by atoms with Gasteiger partial charge in [0.1, 0.15) is 0 Å². The standard InChI is InChI=1S/C11H18N2O3S/c1-2-13(7-8-14)17(15,16)9-10-3-5-11(12)6-4-10/h3-6,14H,2,7-9,12H2,1H3. The summed E-state index contributed by atoms with van der Waals surface area (Å²) in [7, 11) is -3.37. The Hall–Kier alpha value is -1.11. The number of hydrogen-bond donors (Lipinski definition) is 2. The molecule has 17 heavy (non-hydrogen) atoms. The minimum Gasteiger partial charge on any atom is -0.399 e. The van der Waals surface area contributed by atoms with Crippen LogP contribution in [0.5, 0.6) is 0 Å². The highest BCUT2D eigenvalue weighted by Crippen LogP contribution is 2.12. The van der Waals surface area contributed by atoms with E-state index in [0.29, 0.717) is 17.8 Å². The topological polar surface area (TPSA) is 83.6 Å². The van der Waals surface area contributed by atoms with E-state index >= 15 is 0 Å². The van der Waals surface area contributed by atoms with Gasteiger partial charge in [0.25, 0.3) is 0 Å². The molecule has 0 atom stereocenters. The minimum atomic E-state index is -3.37. The summed E-state index contributed by atoms with van der Waals surface area (Å²) in [5.74, 6) is -0.0683. The van der Waals surface area contributed by atoms with Crippen LogP contribution in [0.2, 0.25) is 0 Å². The van der Waals surface area contributed by atoms with Crippen LogP contribution < -0.4 is 5.73 Å². The maximum absolute atomic E-state index is 12.0. The summed E-state index contributed by atoms with van der Waals surface area (Å²) in [6, 6.07) is 6.74. The third kappa shape index (κ3) is 3.99. The number of aliphatic hydroxyl groups is 1. The first-order chi connectivity index (χ1) is 7.99. The van der Waals surface area contributed by atoms with Crippen LogP contribution in [0.25, 0.3) is 0 Å². The lowest BCUT2D eigenvalue weighted by atomic mass is 10.2. The van der Waals surface area contributed by atoms with Crippen molar-refractivity contribution in [1.29, 1.82) is 0 Å². The second-order valence-electron chi connectivity index (χ2n) is 3.71. The van der Waals surface area contributed by atoms with Crippen molar-refractivity contribution >= 4 is 15.7 Å². The summed E-state index contributed by atoms with van der Waals surface area (Å²) < 4.78 is 25.2.